The van der Waals surface area contributed by atoms with Crippen LogP contribution in [0, 0.1) is 0 Å². The molecule has 134 valence electrons. The van der Waals surface area contributed by atoms with Gasteiger partial charge in [0.1, 0.15) is 12.4 Å². The van der Waals surface area contributed by atoms with Gasteiger partial charge in [-0.2, -0.15) is 0 Å². The van der Waals surface area contributed by atoms with Gasteiger partial charge < -0.3 is 25.3 Å². The molecule has 1 amide bonds. The van der Waals surface area contributed by atoms with Crippen molar-refractivity contribution < 1.29 is 19.0 Å². The highest BCUT2D eigenvalue weighted by atomic mass is 16.5. The highest BCUT2D eigenvalue weighted by molar-refractivity contribution is 5.90. The Morgan fingerprint density at radius 3 is 2.40 bits per heavy atom. The second-order valence-electron chi connectivity index (χ2n) is 5.40. The van der Waals surface area contributed by atoms with Crippen LogP contribution in [-0.4, -0.2) is 33.3 Å². The minimum Gasteiger partial charge on any atom is -0.493 e. The molecule has 25 heavy (non-hydrogen) atoms. The van der Waals surface area contributed by atoms with E-state index in [-0.39, 0.29) is 5.91 Å². The van der Waals surface area contributed by atoms with E-state index in [0.717, 1.165) is 17.0 Å². The number of hydrogen-bond acceptors (Lipinski definition) is 5. The molecular weight excluding hydrogens is 320 g/mol. The number of rotatable bonds is 9. The molecule has 6 nitrogen and oxygen atoms in total. The smallest absolute Gasteiger partial charge is 0.224 e. The predicted octanol–water partition coefficient (Wildman–Crippen LogP) is 2.61. The zero-order chi connectivity index (χ0) is 18.1. The number of nitrogens with one attached hydrogen (secondary N) is 1. The molecule has 0 fully saturated rings. The van der Waals surface area contributed by atoms with E-state index in [0.29, 0.717) is 37.5 Å². The molecule has 0 atom stereocenters. The van der Waals surface area contributed by atoms with Crippen molar-refractivity contribution in [3.05, 3.63) is 48.0 Å². The third-order valence-electron chi connectivity index (χ3n) is 3.61. The van der Waals surface area contributed by atoms with Crippen molar-refractivity contribution in [2.24, 2.45) is 5.73 Å². The largest absolute Gasteiger partial charge is 0.493 e. The Balaban J connectivity index is 1.86. The number of carbonyl (C=O) groups excluding carboxylic acids is 1. The second kappa shape index (κ2) is 9.54. The molecule has 0 saturated carbocycles. The third-order valence-corrected chi connectivity index (χ3v) is 3.61. The molecule has 0 radical (unpaired) electrons. The van der Waals surface area contributed by atoms with Gasteiger partial charge in [-0.05, 0) is 48.4 Å². The van der Waals surface area contributed by atoms with Crippen molar-refractivity contribution in [1.82, 2.24) is 0 Å². The van der Waals surface area contributed by atoms with E-state index in [1.807, 2.05) is 18.2 Å². The van der Waals surface area contributed by atoms with E-state index in [1.54, 1.807) is 38.5 Å². The van der Waals surface area contributed by atoms with E-state index in [4.69, 9.17) is 19.9 Å². The Morgan fingerprint density at radius 1 is 1.04 bits per heavy atom. The molecule has 0 aliphatic heterocycles. The fraction of sp³-hybridized carbons (Fsp3) is 0.316. The number of aryl methyl sites for hydroxylation is 1. The molecule has 0 aliphatic rings. The molecule has 2 rings (SSSR count). The van der Waals surface area contributed by atoms with Gasteiger partial charge in [0.2, 0.25) is 5.91 Å². The maximum atomic E-state index is 12.1. The Kier molecular flexibility index (Phi) is 7.10. The van der Waals surface area contributed by atoms with Gasteiger partial charge in [-0.25, -0.2) is 0 Å². The summed E-state index contributed by atoms with van der Waals surface area (Å²) in [5, 5.41) is 2.87. The summed E-state index contributed by atoms with van der Waals surface area (Å²) < 4.78 is 15.9. The summed E-state index contributed by atoms with van der Waals surface area (Å²) in [5.41, 5.74) is 7.14. The lowest BCUT2D eigenvalue weighted by molar-refractivity contribution is -0.116. The number of benzene rings is 2. The normalized spacial score (nSPS) is 10.2. The summed E-state index contributed by atoms with van der Waals surface area (Å²) in [5.74, 6) is 2.01. The molecule has 0 unspecified atom stereocenters. The van der Waals surface area contributed by atoms with Crippen molar-refractivity contribution in [2.45, 2.75) is 12.8 Å². The van der Waals surface area contributed by atoms with Gasteiger partial charge in [-0.1, -0.05) is 6.07 Å². The maximum Gasteiger partial charge on any atom is 0.224 e. The molecular formula is C19H24N2O4. The molecule has 0 saturated heterocycles. The molecule has 0 heterocycles. The van der Waals surface area contributed by atoms with Gasteiger partial charge in [-0.3, -0.25) is 4.79 Å². The average molecular weight is 344 g/mol. The number of methoxy groups -OCH3 is 2. The summed E-state index contributed by atoms with van der Waals surface area (Å²) in [4.78, 5) is 12.1. The minimum atomic E-state index is -0.0505. The summed E-state index contributed by atoms with van der Waals surface area (Å²) >= 11 is 0. The first-order valence-electron chi connectivity index (χ1n) is 8.10. The van der Waals surface area contributed by atoms with E-state index in [9.17, 15) is 4.79 Å². The lowest BCUT2D eigenvalue weighted by atomic mass is 10.1. The fourth-order valence-electron chi connectivity index (χ4n) is 2.33. The third kappa shape index (κ3) is 5.69. The number of nitrogens with two attached hydrogens (primary N) is 1. The standard InChI is InChI=1S/C19H24N2O4/c1-23-17-9-3-14(13-18(17)24-2)4-10-19(22)21-15-5-7-16(8-6-15)25-12-11-20/h3,5-9,13H,4,10-12,20H2,1-2H3,(H,21,22). The SMILES string of the molecule is COc1ccc(CCC(=O)Nc2ccc(OCCN)cc2)cc1OC. The minimum absolute atomic E-state index is 0.0505. The van der Waals surface area contributed by atoms with Crippen LogP contribution < -0.4 is 25.3 Å². The Labute approximate surface area is 147 Å². The molecule has 6 heteroatoms. The summed E-state index contributed by atoms with van der Waals surface area (Å²) in [7, 11) is 3.19. The lowest BCUT2D eigenvalue weighted by Crippen LogP contribution is -2.12. The van der Waals surface area contributed by atoms with E-state index in [1.165, 1.54) is 0 Å². The van der Waals surface area contributed by atoms with Crippen molar-refractivity contribution in [3.63, 3.8) is 0 Å². The van der Waals surface area contributed by atoms with Crippen LogP contribution in [0.1, 0.15) is 12.0 Å². The Morgan fingerprint density at radius 2 is 1.76 bits per heavy atom. The molecule has 0 bridgehead atoms. The summed E-state index contributed by atoms with van der Waals surface area (Å²) in [6, 6.07) is 12.9. The number of carbonyl (C=O) groups is 1. The van der Waals surface area contributed by atoms with Crippen molar-refractivity contribution in [3.8, 4) is 17.2 Å². The quantitative estimate of drug-likeness (QED) is 0.731. The summed E-state index contributed by atoms with van der Waals surface area (Å²) in [6.07, 6.45) is 0.991. The monoisotopic (exact) mass is 344 g/mol. The fourth-order valence-corrected chi connectivity index (χ4v) is 2.33. The zero-order valence-corrected chi connectivity index (χ0v) is 14.6. The van der Waals surface area contributed by atoms with Crippen LogP contribution in [0.2, 0.25) is 0 Å². The number of amides is 1. The van der Waals surface area contributed by atoms with Gasteiger partial charge in [0, 0.05) is 18.7 Å². The first kappa shape index (κ1) is 18.6. The van der Waals surface area contributed by atoms with Crippen LogP contribution in [0.25, 0.3) is 0 Å². The highest BCUT2D eigenvalue weighted by Gasteiger charge is 2.07. The van der Waals surface area contributed by atoms with E-state index >= 15 is 0 Å². The average Bonchev–Trinajstić information content (AvgIpc) is 2.65. The van der Waals surface area contributed by atoms with Crippen LogP contribution in [0.3, 0.4) is 0 Å². The molecule has 0 aromatic heterocycles. The Bertz CT molecular complexity index is 686. The van der Waals surface area contributed by atoms with E-state index in [2.05, 4.69) is 5.32 Å². The first-order chi connectivity index (χ1) is 12.2. The van der Waals surface area contributed by atoms with Crippen LogP contribution in [0.15, 0.2) is 42.5 Å². The van der Waals surface area contributed by atoms with Gasteiger partial charge >= 0.3 is 0 Å². The molecule has 2 aromatic carbocycles. The van der Waals surface area contributed by atoms with Gasteiger partial charge in [-0.15, -0.1) is 0 Å². The predicted molar refractivity (Wildman–Crippen MR) is 97.5 cm³/mol. The van der Waals surface area contributed by atoms with Gasteiger partial charge in [0.15, 0.2) is 11.5 Å². The van der Waals surface area contributed by atoms with Crippen LogP contribution in [-0.2, 0) is 11.2 Å². The van der Waals surface area contributed by atoms with E-state index < -0.39 is 0 Å². The first-order valence-corrected chi connectivity index (χ1v) is 8.10. The van der Waals surface area contributed by atoms with Crippen molar-refractivity contribution in [1.29, 1.82) is 0 Å². The van der Waals surface area contributed by atoms with Crippen molar-refractivity contribution >= 4 is 11.6 Å². The maximum absolute atomic E-state index is 12.1. The molecule has 3 N–H and O–H groups in total. The second-order valence-corrected chi connectivity index (χ2v) is 5.40. The van der Waals surface area contributed by atoms with Crippen LogP contribution in [0.5, 0.6) is 17.2 Å². The van der Waals surface area contributed by atoms with Crippen molar-refractivity contribution in [2.75, 3.05) is 32.7 Å². The highest BCUT2D eigenvalue weighted by Crippen LogP contribution is 2.28. The van der Waals surface area contributed by atoms with Crippen LogP contribution >= 0.6 is 0 Å². The summed E-state index contributed by atoms with van der Waals surface area (Å²) in [6.45, 7) is 0.936. The van der Waals surface area contributed by atoms with Gasteiger partial charge in [0.25, 0.3) is 0 Å². The number of hydrogen-bond donors (Lipinski definition) is 2. The zero-order valence-electron chi connectivity index (χ0n) is 14.6. The molecule has 0 aliphatic carbocycles. The van der Waals surface area contributed by atoms with Crippen LogP contribution in [0.4, 0.5) is 5.69 Å². The van der Waals surface area contributed by atoms with Gasteiger partial charge in [0.05, 0.1) is 14.2 Å². The topological polar surface area (TPSA) is 82.8 Å². The number of ether oxygens (including phenoxy) is 3. The number of anilines is 1. The lowest BCUT2D eigenvalue weighted by Gasteiger charge is -2.10. The molecule has 2 aromatic rings. The Hall–Kier alpha value is -2.73. The molecule has 0 spiro atoms.